The molecule has 0 fully saturated rings. The Hall–Kier alpha value is -3.26. The van der Waals surface area contributed by atoms with Gasteiger partial charge in [-0.2, -0.15) is 12.8 Å². The van der Waals surface area contributed by atoms with Crippen LogP contribution in [0, 0.1) is 0 Å². The molecule has 8 heteroatoms. The Morgan fingerprint density at radius 3 is 2.33 bits per heavy atom. The average molecular weight is 384 g/mol. The summed E-state index contributed by atoms with van der Waals surface area (Å²) < 4.78 is 33.9. The summed E-state index contributed by atoms with van der Waals surface area (Å²) in [4.78, 5) is 24.3. The highest BCUT2D eigenvalue weighted by molar-refractivity contribution is 7.90. The third-order valence-corrected chi connectivity index (χ3v) is 5.05. The van der Waals surface area contributed by atoms with Crippen LogP contribution in [0.25, 0.3) is 0 Å². The quantitative estimate of drug-likeness (QED) is 0.873. The summed E-state index contributed by atoms with van der Waals surface area (Å²) >= 11 is 0. The SMILES string of the molecule is CCOC(=O)NC1=C/C(=N/S(=O)(=O)c2ccccc2)c2ccccc2C1=O. The monoisotopic (exact) mass is 384 g/mol. The van der Waals surface area contributed by atoms with Gasteiger partial charge in [0.2, 0.25) is 5.78 Å². The number of alkyl carbamates (subject to hydrolysis) is 1. The normalized spacial score (nSPS) is 15.1. The predicted molar refractivity (Wildman–Crippen MR) is 99.2 cm³/mol. The van der Waals surface area contributed by atoms with E-state index in [1.54, 1.807) is 49.4 Å². The number of hydrogen-bond acceptors (Lipinski definition) is 5. The number of carbonyl (C=O) groups is 2. The Kier molecular flexibility index (Phi) is 5.18. The van der Waals surface area contributed by atoms with Crippen LogP contribution < -0.4 is 5.32 Å². The lowest BCUT2D eigenvalue weighted by Gasteiger charge is -2.17. The van der Waals surface area contributed by atoms with Gasteiger partial charge in [0.05, 0.1) is 22.9 Å². The van der Waals surface area contributed by atoms with Crippen LogP contribution in [-0.2, 0) is 14.8 Å². The topological polar surface area (TPSA) is 102 Å². The second-order valence-corrected chi connectivity index (χ2v) is 7.15. The van der Waals surface area contributed by atoms with Crippen LogP contribution in [0.2, 0.25) is 0 Å². The number of amides is 1. The van der Waals surface area contributed by atoms with Crippen LogP contribution in [0.3, 0.4) is 0 Å². The lowest BCUT2D eigenvalue weighted by Crippen LogP contribution is -2.32. The van der Waals surface area contributed by atoms with E-state index in [0.717, 1.165) is 0 Å². The number of fused-ring (bicyclic) bond motifs is 1. The van der Waals surface area contributed by atoms with Gasteiger partial charge in [0.25, 0.3) is 10.0 Å². The van der Waals surface area contributed by atoms with E-state index in [-0.39, 0.29) is 28.5 Å². The van der Waals surface area contributed by atoms with Crippen LogP contribution in [0.15, 0.2) is 75.7 Å². The first-order valence-corrected chi connectivity index (χ1v) is 9.56. The number of carbonyl (C=O) groups excluding carboxylic acids is 2. The highest BCUT2D eigenvalue weighted by Gasteiger charge is 2.27. The maximum Gasteiger partial charge on any atom is 0.411 e. The number of ether oxygens (including phenoxy) is 1. The number of benzene rings is 2. The maximum absolute atomic E-state index is 12.6. The molecular formula is C19H16N2O5S. The molecule has 138 valence electrons. The van der Waals surface area contributed by atoms with Gasteiger partial charge in [0.15, 0.2) is 0 Å². The minimum Gasteiger partial charge on any atom is -0.450 e. The fourth-order valence-electron chi connectivity index (χ4n) is 2.55. The third-order valence-electron chi connectivity index (χ3n) is 3.75. The number of hydrogen-bond donors (Lipinski definition) is 1. The molecule has 0 saturated heterocycles. The van der Waals surface area contributed by atoms with Crippen LogP contribution in [0.4, 0.5) is 4.79 Å². The molecule has 0 spiro atoms. The number of Topliss-reactive ketones (excluding diaryl/α,β-unsaturated/α-hetero) is 1. The molecule has 7 nitrogen and oxygen atoms in total. The summed E-state index contributed by atoms with van der Waals surface area (Å²) in [5, 5.41) is 2.34. The molecule has 1 aliphatic rings. The van der Waals surface area contributed by atoms with Crippen molar-refractivity contribution < 1.29 is 22.7 Å². The molecule has 1 amide bonds. The van der Waals surface area contributed by atoms with Gasteiger partial charge < -0.3 is 4.74 Å². The molecule has 0 atom stereocenters. The summed E-state index contributed by atoms with van der Waals surface area (Å²) in [6, 6.07) is 14.2. The molecule has 0 bridgehead atoms. The second-order valence-electron chi connectivity index (χ2n) is 5.54. The molecule has 3 rings (SSSR count). The van der Waals surface area contributed by atoms with Gasteiger partial charge in [-0.3, -0.25) is 10.1 Å². The maximum atomic E-state index is 12.6. The zero-order chi connectivity index (χ0) is 19.4. The van der Waals surface area contributed by atoms with E-state index in [1.165, 1.54) is 18.2 Å². The van der Waals surface area contributed by atoms with Crippen molar-refractivity contribution in [2.24, 2.45) is 4.40 Å². The highest BCUT2D eigenvalue weighted by Crippen LogP contribution is 2.23. The zero-order valence-electron chi connectivity index (χ0n) is 14.4. The summed E-state index contributed by atoms with van der Waals surface area (Å²) in [5.41, 5.74) is 0.570. The predicted octanol–water partition coefficient (Wildman–Crippen LogP) is 2.69. The zero-order valence-corrected chi connectivity index (χ0v) is 15.2. The Labute approximate surface area is 156 Å². The molecular weight excluding hydrogens is 368 g/mol. The van der Waals surface area contributed by atoms with E-state index in [9.17, 15) is 18.0 Å². The summed E-state index contributed by atoms with van der Waals surface area (Å²) in [6.45, 7) is 1.76. The van der Waals surface area contributed by atoms with E-state index >= 15 is 0 Å². The van der Waals surface area contributed by atoms with E-state index in [1.807, 2.05) is 0 Å². The number of allylic oxidation sites excluding steroid dienone is 2. The second kappa shape index (κ2) is 7.55. The largest absolute Gasteiger partial charge is 0.450 e. The molecule has 0 radical (unpaired) electrons. The Morgan fingerprint density at radius 1 is 1.04 bits per heavy atom. The van der Waals surface area contributed by atoms with Crippen molar-refractivity contribution in [1.29, 1.82) is 0 Å². The van der Waals surface area contributed by atoms with Crippen LogP contribution in [0.1, 0.15) is 22.8 Å². The first-order valence-electron chi connectivity index (χ1n) is 8.12. The van der Waals surface area contributed by atoms with Gasteiger partial charge >= 0.3 is 6.09 Å². The Balaban J connectivity index is 2.10. The molecule has 2 aromatic carbocycles. The Bertz CT molecular complexity index is 1060. The van der Waals surface area contributed by atoms with E-state index in [2.05, 4.69) is 9.71 Å². The smallest absolute Gasteiger partial charge is 0.411 e. The van der Waals surface area contributed by atoms with Gasteiger partial charge in [0, 0.05) is 11.1 Å². The van der Waals surface area contributed by atoms with Crippen LogP contribution in [-0.4, -0.2) is 32.6 Å². The van der Waals surface area contributed by atoms with Crippen molar-refractivity contribution in [3.8, 4) is 0 Å². The number of nitrogens with one attached hydrogen (secondary N) is 1. The van der Waals surface area contributed by atoms with Crippen molar-refractivity contribution in [3.05, 3.63) is 77.5 Å². The lowest BCUT2D eigenvalue weighted by atomic mass is 9.92. The Morgan fingerprint density at radius 2 is 1.67 bits per heavy atom. The molecule has 0 unspecified atom stereocenters. The molecule has 27 heavy (non-hydrogen) atoms. The standard InChI is InChI=1S/C19H16N2O5S/c1-2-26-19(23)20-17-12-16(14-10-6-7-11-15(14)18(17)22)21-27(24,25)13-8-4-3-5-9-13/h3-12H,2H2,1H3,(H,20,23)/b21-16-. The molecule has 2 aromatic rings. The lowest BCUT2D eigenvalue weighted by molar-refractivity contribution is 0.101. The first-order chi connectivity index (χ1) is 12.9. The molecule has 1 N–H and O–H groups in total. The average Bonchev–Trinajstić information content (AvgIpc) is 2.66. The summed E-state index contributed by atoms with van der Waals surface area (Å²) in [6.07, 6.45) is 0.434. The molecule has 0 heterocycles. The minimum atomic E-state index is -3.99. The van der Waals surface area contributed by atoms with Gasteiger partial charge in [0.1, 0.15) is 0 Å². The molecule has 1 aliphatic carbocycles. The number of nitrogens with zero attached hydrogens (tertiary/aromatic N) is 1. The van der Waals surface area contributed by atoms with E-state index < -0.39 is 21.9 Å². The summed E-state index contributed by atoms with van der Waals surface area (Å²) in [7, 11) is -3.99. The first kappa shape index (κ1) is 18.5. The van der Waals surface area contributed by atoms with Crippen molar-refractivity contribution in [3.63, 3.8) is 0 Å². The van der Waals surface area contributed by atoms with E-state index in [0.29, 0.717) is 5.56 Å². The van der Waals surface area contributed by atoms with Gasteiger partial charge in [-0.15, -0.1) is 0 Å². The van der Waals surface area contributed by atoms with Crippen molar-refractivity contribution in [2.45, 2.75) is 11.8 Å². The minimum absolute atomic E-state index is 0.0279. The van der Waals surface area contributed by atoms with Crippen molar-refractivity contribution in [1.82, 2.24) is 5.32 Å². The number of ketones is 1. The molecule has 0 aliphatic heterocycles. The molecule has 0 aromatic heterocycles. The fraction of sp³-hybridized carbons (Fsp3) is 0.105. The third kappa shape index (κ3) is 3.95. The van der Waals surface area contributed by atoms with Gasteiger partial charge in [-0.25, -0.2) is 4.79 Å². The van der Waals surface area contributed by atoms with Crippen molar-refractivity contribution in [2.75, 3.05) is 6.61 Å². The van der Waals surface area contributed by atoms with Gasteiger partial charge in [-0.05, 0) is 25.1 Å². The van der Waals surface area contributed by atoms with Crippen LogP contribution in [0.5, 0.6) is 0 Å². The van der Waals surface area contributed by atoms with E-state index in [4.69, 9.17) is 4.74 Å². The number of rotatable bonds is 4. The fourth-order valence-corrected chi connectivity index (χ4v) is 3.57. The number of sulfonamides is 1. The van der Waals surface area contributed by atoms with Crippen molar-refractivity contribution >= 4 is 27.6 Å². The molecule has 0 saturated carbocycles. The highest BCUT2D eigenvalue weighted by atomic mass is 32.2. The van der Waals surface area contributed by atoms with Gasteiger partial charge in [-0.1, -0.05) is 42.5 Å². The summed E-state index contributed by atoms with van der Waals surface area (Å²) in [5.74, 6) is -0.449. The van der Waals surface area contributed by atoms with Crippen LogP contribution >= 0.6 is 0 Å².